The van der Waals surface area contributed by atoms with Gasteiger partial charge in [-0.15, -0.1) is 22.7 Å². The molecule has 1 N–H and O–H groups in total. The van der Waals surface area contributed by atoms with Crippen molar-refractivity contribution < 1.29 is 0 Å². The number of para-hydroxylation sites is 2. The highest BCUT2D eigenvalue weighted by atomic mass is 32.1. The molecule has 0 saturated heterocycles. The van der Waals surface area contributed by atoms with Crippen LogP contribution in [0.2, 0.25) is 0 Å². The molecule has 0 radical (unpaired) electrons. The van der Waals surface area contributed by atoms with Crippen LogP contribution in [-0.2, 0) is 0 Å². The van der Waals surface area contributed by atoms with E-state index in [1.165, 1.54) is 79.0 Å². The van der Waals surface area contributed by atoms with E-state index in [-0.39, 0.29) is 6.17 Å². The van der Waals surface area contributed by atoms with Crippen molar-refractivity contribution in [3.63, 3.8) is 0 Å². The molecule has 0 saturated carbocycles. The van der Waals surface area contributed by atoms with Crippen LogP contribution < -0.4 is 5.32 Å². The zero-order valence-electron chi connectivity index (χ0n) is 30.6. The van der Waals surface area contributed by atoms with Crippen molar-refractivity contribution in [2.75, 3.05) is 0 Å². The predicted molar refractivity (Wildman–Crippen MR) is 244 cm³/mol. The lowest BCUT2D eigenvalue weighted by Crippen LogP contribution is -2.33. The molecular weight excluding hydrogens is 733 g/mol. The highest BCUT2D eigenvalue weighted by Gasteiger charge is 2.23. The first-order valence-corrected chi connectivity index (χ1v) is 20.8. The third kappa shape index (κ3) is 5.18. The lowest BCUT2D eigenvalue weighted by Gasteiger charge is -2.23. The van der Waals surface area contributed by atoms with Crippen LogP contribution in [0.5, 0.6) is 0 Å². The van der Waals surface area contributed by atoms with Crippen LogP contribution in [0.15, 0.2) is 192 Å². The van der Waals surface area contributed by atoms with Crippen LogP contribution >= 0.6 is 22.7 Å². The van der Waals surface area contributed by atoms with E-state index < -0.39 is 0 Å². The summed E-state index contributed by atoms with van der Waals surface area (Å²) in [6, 6.07) is 65.5. The number of hydrogen-bond acceptors (Lipinski definition) is 5. The normalized spacial score (nSPS) is 14.5. The molecule has 1 atom stereocenters. The molecule has 0 bridgehead atoms. The largest absolute Gasteiger partial charge is 0.344 e. The van der Waals surface area contributed by atoms with Crippen molar-refractivity contribution in [2.45, 2.75) is 6.17 Å². The summed E-state index contributed by atoms with van der Waals surface area (Å²) in [7, 11) is 0. The van der Waals surface area contributed by atoms with Gasteiger partial charge in [-0.1, -0.05) is 133 Å². The van der Waals surface area contributed by atoms with Crippen molar-refractivity contribution in [1.82, 2.24) is 9.88 Å². The van der Waals surface area contributed by atoms with Gasteiger partial charge in [-0.2, -0.15) is 0 Å². The number of hydrogen-bond donors (Lipinski definition) is 1. The second kappa shape index (κ2) is 12.8. The van der Waals surface area contributed by atoms with E-state index in [2.05, 4.69) is 155 Å². The number of nitrogens with zero attached hydrogens (tertiary/aromatic N) is 3. The summed E-state index contributed by atoms with van der Waals surface area (Å²) in [5.41, 5.74) is 9.30. The third-order valence-electron chi connectivity index (χ3n) is 11.3. The van der Waals surface area contributed by atoms with Crippen molar-refractivity contribution in [3.05, 3.63) is 199 Å². The highest BCUT2D eigenvalue weighted by Crippen LogP contribution is 2.45. The fourth-order valence-corrected chi connectivity index (χ4v) is 11.0. The van der Waals surface area contributed by atoms with Crippen LogP contribution in [0.25, 0.3) is 79.0 Å². The van der Waals surface area contributed by atoms with Crippen LogP contribution in [-0.4, -0.2) is 16.2 Å². The van der Waals surface area contributed by atoms with Crippen molar-refractivity contribution in [2.24, 2.45) is 9.98 Å². The Morgan fingerprint density at radius 1 is 0.474 bits per heavy atom. The average molecular weight is 765 g/mol. The predicted octanol–water partition coefficient (Wildman–Crippen LogP) is 13.7. The first-order chi connectivity index (χ1) is 28.2. The Balaban J connectivity index is 0.991. The second-order valence-corrected chi connectivity index (χ2v) is 16.7. The average Bonchev–Trinajstić information content (AvgIpc) is 3.96. The monoisotopic (exact) mass is 764 g/mol. The van der Waals surface area contributed by atoms with E-state index in [1.54, 1.807) is 0 Å². The summed E-state index contributed by atoms with van der Waals surface area (Å²) in [4.78, 5) is 10.1. The SMILES string of the molecule is c1ccc(C2=NC(c3ccc4sc5c(-c6ccc7sc8cccc(-n9c%10ccccc%10c%10ccccc%109)c8c7c6)cccc5c4c3)NC(c3ccccc3)=N2)cc1. The Bertz CT molecular complexity index is 3390. The van der Waals surface area contributed by atoms with E-state index in [4.69, 9.17) is 9.98 Å². The molecule has 268 valence electrons. The van der Waals surface area contributed by atoms with Gasteiger partial charge in [-0.25, -0.2) is 9.98 Å². The number of fused-ring (bicyclic) bond motifs is 9. The molecule has 0 fully saturated rings. The summed E-state index contributed by atoms with van der Waals surface area (Å²) in [5.74, 6) is 1.55. The van der Waals surface area contributed by atoms with Gasteiger partial charge in [0.25, 0.3) is 0 Å². The van der Waals surface area contributed by atoms with Gasteiger partial charge < -0.3 is 9.88 Å². The van der Waals surface area contributed by atoms with Crippen molar-refractivity contribution in [3.8, 4) is 16.8 Å². The molecule has 0 amide bonds. The summed E-state index contributed by atoms with van der Waals surface area (Å²) in [6.45, 7) is 0. The molecular formula is C51H32N4S2. The minimum absolute atomic E-state index is 0.284. The fraction of sp³-hybridized carbons (Fsp3) is 0.0196. The summed E-state index contributed by atoms with van der Waals surface area (Å²) >= 11 is 3.74. The Labute approximate surface area is 336 Å². The van der Waals surface area contributed by atoms with Gasteiger partial charge in [0.05, 0.1) is 16.7 Å². The van der Waals surface area contributed by atoms with Gasteiger partial charge in [-0.05, 0) is 65.2 Å². The molecule has 8 aromatic carbocycles. The van der Waals surface area contributed by atoms with E-state index in [0.29, 0.717) is 0 Å². The van der Waals surface area contributed by atoms with E-state index in [1.807, 2.05) is 59.1 Å². The maximum atomic E-state index is 5.16. The Hall–Kier alpha value is -6.86. The number of thiophene rings is 2. The van der Waals surface area contributed by atoms with Gasteiger partial charge in [0.2, 0.25) is 0 Å². The summed E-state index contributed by atoms with van der Waals surface area (Å²) in [6.07, 6.45) is -0.284. The number of amidine groups is 2. The first kappa shape index (κ1) is 32.4. The van der Waals surface area contributed by atoms with Crippen molar-refractivity contribution >= 4 is 96.5 Å². The Morgan fingerprint density at radius 2 is 1.14 bits per heavy atom. The molecule has 4 heterocycles. The minimum atomic E-state index is -0.284. The van der Waals surface area contributed by atoms with Gasteiger partial charge in [0, 0.05) is 62.2 Å². The number of benzene rings is 8. The van der Waals surface area contributed by atoms with E-state index in [9.17, 15) is 0 Å². The lowest BCUT2D eigenvalue weighted by molar-refractivity contribution is 0.675. The highest BCUT2D eigenvalue weighted by molar-refractivity contribution is 7.26. The van der Waals surface area contributed by atoms with E-state index in [0.717, 1.165) is 28.4 Å². The zero-order valence-corrected chi connectivity index (χ0v) is 32.2. The molecule has 0 spiro atoms. The molecule has 12 rings (SSSR count). The molecule has 4 nitrogen and oxygen atoms in total. The summed E-state index contributed by atoms with van der Waals surface area (Å²) < 4.78 is 7.60. The molecule has 6 heteroatoms. The van der Waals surface area contributed by atoms with E-state index >= 15 is 0 Å². The first-order valence-electron chi connectivity index (χ1n) is 19.2. The Morgan fingerprint density at radius 3 is 1.93 bits per heavy atom. The standard InChI is InChI=1S/C51H32N4S2/c1-3-13-31(14-4-1)49-52-50(32-15-5-2-6-16-32)54-51(53-49)34-26-28-44-39(30-34)38-20-11-19-35(48(38)57-44)33-25-27-45-40(29-33)47-43(23-12-24-46(47)56-45)55-41-21-9-7-17-36(41)37-18-8-10-22-42(37)55/h1-30,51H,(H,52,53,54). The lowest BCUT2D eigenvalue weighted by atomic mass is 9.99. The van der Waals surface area contributed by atoms with Gasteiger partial charge in [0.1, 0.15) is 12.0 Å². The quantitative estimate of drug-likeness (QED) is 0.186. The molecule has 1 unspecified atom stereocenters. The summed E-state index contributed by atoms with van der Waals surface area (Å²) in [5, 5.41) is 11.3. The third-order valence-corrected chi connectivity index (χ3v) is 13.6. The molecule has 3 aromatic heterocycles. The van der Waals surface area contributed by atoms with Crippen LogP contribution in [0.1, 0.15) is 22.9 Å². The topological polar surface area (TPSA) is 41.7 Å². The van der Waals surface area contributed by atoms with Gasteiger partial charge in [0.15, 0.2) is 5.84 Å². The van der Waals surface area contributed by atoms with Crippen LogP contribution in [0.3, 0.4) is 0 Å². The Kier molecular flexibility index (Phi) is 7.30. The van der Waals surface area contributed by atoms with Crippen molar-refractivity contribution in [1.29, 1.82) is 0 Å². The number of nitrogens with one attached hydrogen (secondary N) is 1. The van der Waals surface area contributed by atoms with Crippen LogP contribution in [0, 0.1) is 0 Å². The van der Waals surface area contributed by atoms with Gasteiger partial charge in [-0.3, -0.25) is 0 Å². The zero-order chi connectivity index (χ0) is 37.5. The molecule has 57 heavy (non-hydrogen) atoms. The minimum Gasteiger partial charge on any atom is -0.344 e. The molecule has 11 aromatic rings. The smallest absolute Gasteiger partial charge is 0.159 e. The van der Waals surface area contributed by atoms with Gasteiger partial charge >= 0.3 is 0 Å². The number of aromatic nitrogens is 1. The maximum absolute atomic E-state index is 5.16. The molecule has 0 aliphatic carbocycles. The number of aliphatic imine (C=N–C) groups is 2. The number of rotatable bonds is 5. The second-order valence-electron chi connectivity index (χ2n) is 14.6. The fourth-order valence-electron chi connectivity index (χ4n) is 8.64. The molecule has 1 aliphatic heterocycles. The molecule has 1 aliphatic rings. The van der Waals surface area contributed by atoms with Crippen LogP contribution in [0.4, 0.5) is 0 Å². The maximum Gasteiger partial charge on any atom is 0.159 e.